The smallest absolute Gasteiger partial charge is 0.239 e. The number of amides is 1. The first-order chi connectivity index (χ1) is 8.48. The maximum atomic E-state index is 12.0. The Morgan fingerprint density at radius 3 is 2.67 bits per heavy atom. The number of carbonyl (C=O) groups excluding carboxylic acids is 1. The predicted octanol–water partition coefficient (Wildman–Crippen LogP) is 1.02. The molecule has 1 aromatic carbocycles. The summed E-state index contributed by atoms with van der Waals surface area (Å²) >= 11 is 0. The fraction of sp³-hybridized carbons (Fsp3) is 0.364. The van der Waals surface area contributed by atoms with Crippen LogP contribution in [0.1, 0.15) is 0 Å². The minimum atomic E-state index is -3.70. The second kappa shape index (κ2) is 6.34. The Bertz CT molecular complexity index is 516. The van der Waals surface area contributed by atoms with Gasteiger partial charge >= 0.3 is 0 Å². The molecular formula is C11H14FNO4S. The van der Waals surface area contributed by atoms with E-state index in [1.165, 1.54) is 7.11 Å². The number of carbonyl (C=O) groups is 1. The number of halogens is 1. The minimum Gasteiger partial charge on any atom is -0.495 e. The minimum absolute atomic E-state index is 0.375. The number of benzene rings is 1. The molecule has 0 bridgehead atoms. The molecule has 1 rings (SSSR count). The lowest BCUT2D eigenvalue weighted by molar-refractivity contribution is -0.113. The largest absolute Gasteiger partial charge is 0.495 e. The van der Waals surface area contributed by atoms with Gasteiger partial charge in [-0.15, -0.1) is 0 Å². The van der Waals surface area contributed by atoms with Gasteiger partial charge in [-0.1, -0.05) is 12.1 Å². The number of alkyl halides is 1. The summed E-state index contributed by atoms with van der Waals surface area (Å²) in [7, 11) is -2.26. The van der Waals surface area contributed by atoms with Gasteiger partial charge in [0.05, 0.1) is 18.6 Å². The van der Waals surface area contributed by atoms with Gasteiger partial charge in [0.15, 0.2) is 9.84 Å². The molecule has 1 aromatic rings. The summed E-state index contributed by atoms with van der Waals surface area (Å²) in [6, 6.07) is 6.60. The fourth-order valence-corrected chi connectivity index (χ4v) is 2.17. The molecule has 7 heteroatoms. The van der Waals surface area contributed by atoms with Gasteiger partial charge in [-0.05, 0) is 12.1 Å². The van der Waals surface area contributed by atoms with Crippen molar-refractivity contribution in [3.05, 3.63) is 24.3 Å². The van der Waals surface area contributed by atoms with Crippen LogP contribution in [0.25, 0.3) is 0 Å². The van der Waals surface area contributed by atoms with Crippen LogP contribution in [0.2, 0.25) is 0 Å². The highest BCUT2D eigenvalue weighted by atomic mass is 32.2. The number of methoxy groups -OCH3 is 1. The van der Waals surface area contributed by atoms with E-state index in [4.69, 9.17) is 4.74 Å². The molecule has 1 amide bonds. The van der Waals surface area contributed by atoms with Crippen LogP contribution in [0, 0.1) is 0 Å². The van der Waals surface area contributed by atoms with Gasteiger partial charge < -0.3 is 10.1 Å². The number of hydrogen-bond donors (Lipinski definition) is 1. The van der Waals surface area contributed by atoms with Crippen molar-refractivity contribution < 1.29 is 22.3 Å². The molecule has 0 fully saturated rings. The predicted molar refractivity (Wildman–Crippen MR) is 66.3 cm³/mol. The van der Waals surface area contributed by atoms with Gasteiger partial charge in [-0.25, -0.2) is 12.8 Å². The molecule has 18 heavy (non-hydrogen) atoms. The van der Waals surface area contributed by atoms with Crippen molar-refractivity contribution in [3.63, 3.8) is 0 Å². The van der Waals surface area contributed by atoms with Crippen molar-refractivity contribution in [1.29, 1.82) is 0 Å². The lowest BCUT2D eigenvalue weighted by Crippen LogP contribution is -2.25. The van der Waals surface area contributed by atoms with Crippen molar-refractivity contribution in [2.24, 2.45) is 0 Å². The number of rotatable bonds is 6. The van der Waals surface area contributed by atoms with Crippen molar-refractivity contribution in [3.8, 4) is 5.75 Å². The Kier molecular flexibility index (Phi) is 5.08. The monoisotopic (exact) mass is 275 g/mol. The molecule has 0 aliphatic rings. The van der Waals surface area contributed by atoms with Gasteiger partial charge in [0.25, 0.3) is 0 Å². The molecule has 100 valence electrons. The van der Waals surface area contributed by atoms with E-state index in [-0.39, 0.29) is 0 Å². The van der Waals surface area contributed by atoms with E-state index in [1.54, 1.807) is 24.3 Å². The Balaban J connectivity index is 2.71. The molecule has 0 heterocycles. The number of hydrogen-bond acceptors (Lipinski definition) is 4. The highest BCUT2D eigenvalue weighted by Crippen LogP contribution is 2.22. The number of para-hydroxylation sites is 2. The van der Waals surface area contributed by atoms with E-state index < -0.39 is 33.9 Å². The molecule has 0 aliphatic heterocycles. The summed E-state index contributed by atoms with van der Waals surface area (Å²) in [6.45, 7) is -0.996. The quantitative estimate of drug-likeness (QED) is 0.841. The second-order valence-electron chi connectivity index (χ2n) is 3.53. The number of sulfone groups is 1. The lowest BCUT2D eigenvalue weighted by atomic mass is 10.3. The van der Waals surface area contributed by atoms with Crippen molar-refractivity contribution in [1.82, 2.24) is 0 Å². The van der Waals surface area contributed by atoms with Crippen LogP contribution in [0.3, 0.4) is 0 Å². The maximum absolute atomic E-state index is 12.0. The zero-order valence-electron chi connectivity index (χ0n) is 9.85. The highest BCUT2D eigenvalue weighted by Gasteiger charge is 2.17. The van der Waals surface area contributed by atoms with Crippen LogP contribution in [0.5, 0.6) is 5.75 Å². The standard InChI is InChI=1S/C11H14FNO4S/c1-17-10-5-3-2-4-9(10)13-11(14)8-18(15,16)7-6-12/h2-5H,6-8H2,1H3,(H,13,14). The van der Waals surface area contributed by atoms with Crippen LogP contribution in [0.4, 0.5) is 10.1 Å². The second-order valence-corrected chi connectivity index (χ2v) is 5.71. The third kappa shape index (κ3) is 4.33. The van der Waals surface area contributed by atoms with Crippen LogP contribution in [0.15, 0.2) is 24.3 Å². The summed E-state index contributed by atoms with van der Waals surface area (Å²) in [5.74, 6) is -1.68. The van der Waals surface area contributed by atoms with Crippen molar-refractivity contribution in [2.45, 2.75) is 0 Å². The summed E-state index contributed by atoms with van der Waals surface area (Å²) < 4.78 is 39.5. The lowest BCUT2D eigenvalue weighted by Gasteiger charge is -2.09. The van der Waals surface area contributed by atoms with Gasteiger partial charge in [-0.2, -0.15) is 0 Å². The average Bonchev–Trinajstić information content (AvgIpc) is 2.28. The van der Waals surface area contributed by atoms with Crippen LogP contribution in [-0.4, -0.2) is 39.6 Å². The van der Waals surface area contributed by atoms with Gasteiger partial charge in [-0.3, -0.25) is 4.79 Å². The van der Waals surface area contributed by atoms with E-state index in [2.05, 4.69) is 5.32 Å². The van der Waals surface area contributed by atoms with E-state index in [1.807, 2.05) is 0 Å². The topological polar surface area (TPSA) is 72.5 Å². The molecule has 5 nitrogen and oxygen atoms in total. The van der Waals surface area contributed by atoms with Crippen LogP contribution >= 0.6 is 0 Å². The molecule has 0 aromatic heterocycles. The van der Waals surface area contributed by atoms with E-state index in [0.717, 1.165) is 0 Å². The first-order valence-electron chi connectivity index (χ1n) is 5.18. The summed E-state index contributed by atoms with van der Waals surface area (Å²) in [6.07, 6.45) is 0. The Morgan fingerprint density at radius 2 is 2.06 bits per heavy atom. The van der Waals surface area contributed by atoms with E-state index in [9.17, 15) is 17.6 Å². The SMILES string of the molecule is COc1ccccc1NC(=O)CS(=O)(=O)CCF. The van der Waals surface area contributed by atoms with Crippen LogP contribution in [-0.2, 0) is 14.6 Å². The van der Waals surface area contributed by atoms with E-state index in [0.29, 0.717) is 11.4 Å². The fourth-order valence-electron chi connectivity index (χ4n) is 1.32. The summed E-state index contributed by atoms with van der Waals surface area (Å²) in [5, 5.41) is 2.41. The van der Waals surface area contributed by atoms with Gasteiger partial charge in [0, 0.05) is 0 Å². The molecule has 0 aliphatic carbocycles. The first-order valence-corrected chi connectivity index (χ1v) is 7.00. The van der Waals surface area contributed by atoms with Gasteiger partial charge in [0.1, 0.15) is 18.2 Å². The molecule has 0 radical (unpaired) electrons. The zero-order valence-corrected chi connectivity index (χ0v) is 10.7. The van der Waals surface area contributed by atoms with Crippen molar-refractivity contribution >= 4 is 21.4 Å². The molecule has 0 saturated carbocycles. The number of ether oxygens (including phenoxy) is 1. The van der Waals surface area contributed by atoms with Crippen LogP contribution < -0.4 is 10.1 Å². The molecular weight excluding hydrogens is 261 g/mol. The third-order valence-electron chi connectivity index (χ3n) is 2.12. The molecule has 0 unspecified atom stereocenters. The van der Waals surface area contributed by atoms with E-state index >= 15 is 0 Å². The Hall–Kier alpha value is -1.63. The maximum Gasteiger partial charge on any atom is 0.239 e. The zero-order chi connectivity index (χ0) is 13.6. The van der Waals surface area contributed by atoms with Crippen molar-refractivity contribution in [2.75, 3.05) is 30.6 Å². The summed E-state index contributed by atoms with van der Waals surface area (Å²) in [4.78, 5) is 11.5. The molecule has 0 spiro atoms. The average molecular weight is 275 g/mol. The molecule has 1 N–H and O–H groups in total. The summed E-state index contributed by atoms with van der Waals surface area (Å²) in [5.41, 5.74) is 0.375. The Labute approximate surface area is 105 Å². The number of nitrogens with one attached hydrogen (secondary N) is 1. The molecule has 0 saturated heterocycles. The highest BCUT2D eigenvalue weighted by molar-refractivity contribution is 7.92. The molecule has 0 atom stereocenters. The van der Waals surface area contributed by atoms with Gasteiger partial charge in [0.2, 0.25) is 5.91 Å². The first kappa shape index (κ1) is 14.4. The number of anilines is 1. The Morgan fingerprint density at radius 1 is 1.39 bits per heavy atom. The third-order valence-corrected chi connectivity index (χ3v) is 3.60. The normalized spacial score (nSPS) is 11.0.